The van der Waals surface area contributed by atoms with Gasteiger partial charge in [-0.05, 0) is 33.6 Å². The molecule has 0 spiro atoms. The van der Waals surface area contributed by atoms with E-state index in [-0.39, 0.29) is 29.9 Å². The molecular weight excluding hydrogens is 312 g/mol. The second-order valence-corrected chi connectivity index (χ2v) is 7.14. The van der Waals surface area contributed by atoms with Crippen LogP contribution in [0.4, 0.5) is 0 Å². The van der Waals surface area contributed by atoms with Crippen molar-refractivity contribution in [2.45, 2.75) is 57.2 Å². The molecule has 0 bridgehead atoms. The number of nitrogens with zero attached hydrogens (tertiary/aromatic N) is 3. The third kappa shape index (κ3) is 3.57. The van der Waals surface area contributed by atoms with Crippen molar-refractivity contribution in [1.29, 1.82) is 0 Å². The minimum absolute atomic E-state index is 0. The molecule has 3 rings (SSSR count). The molecule has 2 aromatic rings. The number of aromatic nitrogens is 3. The number of hydrogen-bond donors (Lipinski definition) is 2. The molecule has 1 aromatic heterocycles. The Bertz CT molecular complexity index is 640. The van der Waals surface area contributed by atoms with Gasteiger partial charge in [0.1, 0.15) is 5.82 Å². The summed E-state index contributed by atoms with van der Waals surface area (Å²) in [6.07, 6.45) is 0.962. The van der Waals surface area contributed by atoms with Crippen molar-refractivity contribution in [1.82, 2.24) is 14.8 Å². The fourth-order valence-electron chi connectivity index (χ4n) is 3.05. The van der Waals surface area contributed by atoms with Crippen molar-refractivity contribution in [2.24, 2.45) is 5.73 Å². The normalized spacial score (nSPS) is 24.5. The molecule has 0 saturated heterocycles. The fourth-order valence-corrected chi connectivity index (χ4v) is 3.05. The van der Waals surface area contributed by atoms with Crippen LogP contribution in [0.25, 0.3) is 11.4 Å². The van der Waals surface area contributed by atoms with Crippen molar-refractivity contribution in [2.75, 3.05) is 0 Å². The first-order valence-electron chi connectivity index (χ1n) is 7.83. The Balaban J connectivity index is 0.00000192. The van der Waals surface area contributed by atoms with Crippen molar-refractivity contribution < 1.29 is 5.11 Å². The van der Waals surface area contributed by atoms with E-state index in [1.165, 1.54) is 0 Å². The molecule has 23 heavy (non-hydrogen) atoms. The highest BCUT2D eigenvalue weighted by atomic mass is 35.5. The zero-order valence-corrected chi connectivity index (χ0v) is 14.6. The largest absolute Gasteiger partial charge is 0.391 e. The highest BCUT2D eigenvalue weighted by Gasteiger charge is 2.36. The molecule has 1 aliphatic carbocycles. The Labute approximate surface area is 143 Å². The van der Waals surface area contributed by atoms with Crippen LogP contribution in [0.1, 0.15) is 45.4 Å². The van der Waals surface area contributed by atoms with Crippen molar-refractivity contribution in [3.63, 3.8) is 0 Å². The zero-order valence-electron chi connectivity index (χ0n) is 13.8. The zero-order chi connectivity index (χ0) is 15.9. The molecule has 1 saturated carbocycles. The molecule has 0 amide bonds. The second kappa shape index (κ2) is 6.59. The van der Waals surface area contributed by atoms with Crippen LogP contribution >= 0.6 is 12.4 Å². The van der Waals surface area contributed by atoms with Gasteiger partial charge in [-0.15, -0.1) is 12.4 Å². The first-order valence-corrected chi connectivity index (χ1v) is 7.83. The first kappa shape index (κ1) is 17.9. The summed E-state index contributed by atoms with van der Waals surface area (Å²) in [5.41, 5.74) is 6.82. The van der Waals surface area contributed by atoms with Crippen molar-refractivity contribution in [3.05, 3.63) is 36.2 Å². The van der Waals surface area contributed by atoms with Crippen LogP contribution in [-0.2, 0) is 5.54 Å². The van der Waals surface area contributed by atoms with Crippen LogP contribution in [-0.4, -0.2) is 32.0 Å². The summed E-state index contributed by atoms with van der Waals surface area (Å²) < 4.78 is 1.99. The number of aliphatic hydroxyl groups is 1. The maximum atomic E-state index is 9.96. The molecule has 1 heterocycles. The van der Waals surface area contributed by atoms with Crippen molar-refractivity contribution in [3.8, 4) is 11.4 Å². The van der Waals surface area contributed by atoms with Gasteiger partial charge < -0.3 is 10.8 Å². The summed E-state index contributed by atoms with van der Waals surface area (Å²) in [6.45, 7) is 6.35. The third-order valence-electron chi connectivity index (χ3n) is 4.24. The van der Waals surface area contributed by atoms with E-state index in [2.05, 4.69) is 20.8 Å². The predicted molar refractivity (Wildman–Crippen MR) is 93.7 cm³/mol. The average molecular weight is 337 g/mol. The average Bonchev–Trinajstić information content (AvgIpc) is 3.04. The molecular formula is C17H25ClN4O. The summed E-state index contributed by atoms with van der Waals surface area (Å²) in [6, 6.07) is 9.82. The molecule has 1 aliphatic rings. The summed E-state index contributed by atoms with van der Waals surface area (Å²) in [5.74, 6) is 1.83. The lowest BCUT2D eigenvalue weighted by Crippen LogP contribution is -2.28. The highest BCUT2D eigenvalue weighted by molar-refractivity contribution is 5.85. The second-order valence-electron chi connectivity index (χ2n) is 7.14. The summed E-state index contributed by atoms with van der Waals surface area (Å²) in [4.78, 5) is 4.78. The summed E-state index contributed by atoms with van der Waals surface area (Å²) in [7, 11) is 0. The van der Waals surface area contributed by atoms with E-state index in [4.69, 9.17) is 15.8 Å². The molecule has 6 heteroatoms. The van der Waals surface area contributed by atoms with Crippen LogP contribution in [0.5, 0.6) is 0 Å². The standard InChI is InChI=1S/C17H24N4O.ClH/c1-17(2,3)21-16(12-9-13(18)14(22)10-12)19-15(20-21)11-7-5-4-6-8-11;/h4-8,12-14,22H,9-10,18H2,1-3H3;1H/t12-,13-,14-;/m0./s1. The van der Waals surface area contributed by atoms with Crippen LogP contribution < -0.4 is 5.73 Å². The van der Waals surface area contributed by atoms with Gasteiger partial charge in [0.05, 0.1) is 11.6 Å². The van der Waals surface area contributed by atoms with Gasteiger partial charge in [0.15, 0.2) is 5.82 Å². The van der Waals surface area contributed by atoms with E-state index >= 15 is 0 Å². The minimum Gasteiger partial charge on any atom is -0.391 e. The number of rotatable bonds is 2. The molecule has 5 nitrogen and oxygen atoms in total. The maximum Gasteiger partial charge on any atom is 0.181 e. The van der Waals surface area contributed by atoms with Gasteiger partial charge in [0, 0.05) is 17.5 Å². The number of benzene rings is 1. The van der Waals surface area contributed by atoms with E-state index < -0.39 is 6.10 Å². The maximum absolute atomic E-state index is 9.96. The Hall–Kier alpha value is -1.43. The summed E-state index contributed by atoms with van der Waals surface area (Å²) in [5, 5.41) is 14.7. The molecule has 0 aliphatic heterocycles. The van der Waals surface area contributed by atoms with Gasteiger partial charge in [0.25, 0.3) is 0 Å². The molecule has 126 valence electrons. The van der Waals surface area contributed by atoms with Crippen LogP contribution in [0.15, 0.2) is 30.3 Å². The third-order valence-corrected chi connectivity index (χ3v) is 4.24. The topological polar surface area (TPSA) is 77.0 Å². The van der Waals surface area contributed by atoms with E-state index in [1.54, 1.807) is 0 Å². The monoisotopic (exact) mass is 336 g/mol. The number of nitrogens with two attached hydrogens (primary N) is 1. The van der Waals surface area contributed by atoms with Crippen LogP contribution in [0.3, 0.4) is 0 Å². The molecule has 3 N–H and O–H groups in total. The van der Waals surface area contributed by atoms with E-state index in [0.717, 1.165) is 23.6 Å². The lowest BCUT2D eigenvalue weighted by molar-refractivity contribution is 0.163. The van der Waals surface area contributed by atoms with Crippen molar-refractivity contribution >= 4 is 12.4 Å². The quantitative estimate of drug-likeness (QED) is 0.884. The minimum atomic E-state index is -0.449. The van der Waals surface area contributed by atoms with Gasteiger partial charge in [-0.25, -0.2) is 9.67 Å². The molecule has 0 radical (unpaired) electrons. The lowest BCUT2D eigenvalue weighted by Gasteiger charge is -2.23. The Morgan fingerprint density at radius 2 is 1.83 bits per heavy atom. The smallest absolute Gasteiger partial charge is 0.181 e. The Kier molecular flexibility index (Phi) is 5.14. The van der Waals surface area contributed by atoms with E-state index in [0.29, 0.717) is 6.42 Å². The van der Waals surface area contributed by atoms with E-state index in [9.17, 15) is 5.11 Å². The SMILES string of the molecule is CC(C)(C)n1nc(-c2ccccc2)nc1[C@H]1C[C@H](N)[C@@H](O)C1.Cl. The van der Waals surface area contributed by atoms with Gasteiger partial charge in [-0.2, -0.15) is 5.10 Å². The van der Waals surface area contributed by atoms with E-state index in [1.807, 2.05) is 35.0 Å². The molecule has 3 atom stereocenters. The fraction of sp³-hybridized carbons (Fsp3) is 0.529. The van der Waals surface area contributed by atoms with Gasteiger partial charge in [-0.3, -0.25) is 0 Å². The molecule has 1 aromatic carbocycles. The highest BCUT2D eigenvalue weighted by Crippen LogP contribution is 2.35. The molecule has 0 unspecified atom stereocenters. The van der Waals surface area contributed by atoms with Gasteiger partial charge in [0.2, 0.25) is 0 Å². The number of aliphatic hydroxyl groups excluding tert-OH is 1. The summed E-state index contributed by atoms with van der Waals surface area (Å²) >= 11 is 0. The number of halogens is 1. The Morgan fingerprint density at radius 1 is 1.17 bits per heavy atom. The van der Waals surface area contributed by atoms with Crippen LogP contribution in [0, 0.1) is 0 Å². The predicted octanol–water partition coefficient (Wildman–Crippen LogP) is 2.69. The van der Waals surface area contributed by atoms with Crippen LogP contribution in [0.2, 0.25) is 0 Å². The first-order chi connectivity index (χ1) is 10.4. The van der Waals surface area contributed by atoms with Gasteiger partial charge in [-0.1, -0.05) is 30.3 Å². The van der Waals surface area contributed by atoms with Gasteiger partial charge >= 0.3 is 0 Å². The lowest BCUT2D eigenvalue weighted by atomic mass is 10.0. The Morgan fingerprint density at radius 3 is 2.35 bits per heavy atom. The number of hydrogen-bond acceptors (Lipinski definition) is 4. The molecule has 1 fully saturated rings.